The first-order valence-corrected chi connectivity index (χ1v) is 7.65. The number of hydrogen-bond donors (Lipinski definition) is 1. The van der Waals surface area contributed by atoms with Crippen molar-refractivity contribution in [2.24, 2.45) is 5.41 Å². The van der Waals surface area contributed by atoms with Crippen molar-refractivity contribution in [3.63, 3.8) is 0 Å². The Morgan fingerprint density at radius 2 is 1.95 bits per heavy atom. The summed E-state index contributed by atoms with van der Waals surface area (Å²) in [6, 6.07) is 4.18. The van der Waals surface area contributed by atoms with E-state index < -0.39 is 0 Å². The summed E-state index contributed by atoms with van der Waals surface area (Å²) >= 11 is 6.12. The van der Waals surface area contributed by atoms with Crippen LogP contribution in [0.2, 0.25) is 5.02 Å². The molecule has 0 amide bonds. The van der Waals surface area contributed by atoms with E-state index in [4.69, 9.17) is 11.6 Å². The van der Waals surface area contributed by atoms with Crippen LogP contribution < -0.4 is 5.32 Å². The van der Waals surface area contributed by atoms with Gasteiger partial charge in [-0.05, 0) is 74.0 Å². The number of nitrogens with one attached hydrogen (secondary N) is 1. The van der Waals surface area contributed by atoms with E-state index in [1.165, 1.54) is 55.7 Å². The third-order valence-corrected chi connectivity index (χ3v) is 5.11. The van der Waals surface area contributed by atoms with E-state index in [1.807, 2.05) is 0 Å². The third kappa shape index (κ3) is 3.14. The lowest BCUT2D eigenvalue weighted by atomic mass is 9.86. The second-order valence-electron chi connectivity index (χ2n) is 6.41. The maximum Gasteiger partial charge on any atom is 0.0411 e. The number of halogens is 2. The molecule has 0 saturated carbocycles. The summed E-state index contributed by atoms with van der Waals surface area (Å²) in [5.74, 6) is 0. The van der Waals surface area contributed by atoms with Crippen LogP contribution in [0.25, 0.3) is 0 Å². The van der Waals surface area contributed by atoms with E-state index in [1.54, 1.807) is 0 Å². The van der Waals surface area contributed by atoms with E-state index in [2.05, 4.69) is 36.2 Å². The lowest BCUT2D eigenvalue weighted by Crippen LogP contribution is -2.29. The Morgan fingerprint density at radius 3 is 2.55 bits per heavy atom. The molecule has 2 nitrogen and oxygen atoms in total. The van der Waals surface area contributed by atoms with Gasteiger partial charge in [-0.2, -0.15) is 0 Å². The number of aryl methyl sites for hydroxylation is 2. The van der Waals surface area contributed by atoms with Gasteiger partial charge in [-0.15, -0.1) is 12.4 Å². The molecule has 2 aliphatic rings. The predicted octanol–water partition coefficient (Wildman–Crippen LogP) is 3.56. The van der Waals surface area contributed by atoms with Crippen LogP contribution in [0.15, 0.2) is 12.1 Å². The number of likely N-dealkylation sites (tertiary alicyclic amines) is 1. The average Bonchev–Trinajstić information content (AvgIpc) is 2.95. The molecule has 20 heavy (non-hydrogen) atoms. The van der Waals surface area contributed by atoms with Crippen LogP contribution in [0.5, 0.6) is 0 Å². The van der Waals surface area contributed by atoms with Crippen LogP contribution in [0.3, 0.4) is 0 Å². The molecule has 4 heteroatoms. The molecule has 0 radical (unpaired) electrons. The Morgan fingerprint density at radius 1 is 1.25 bits per heavy atom. The predicted molar refractivity (Wildman–Crippen MR) is 88.0 cm³/mol. The Kier molecular flexibility index (Phi) is 5.01. The minimum absolute atomic E-state index is 0. The summed E-state index contributed by atoms with van der Waals surface area (Å²) in [5, 5.41) is 4.38. The van der Waals surface area contributed by atoms with Crippen molar-refractivity contribution in [1.82, 2.24) is 10.2 Å². The van der Waals surface area contributed by atoms with Gasteiger partial charge in [-0.3, -0.25) is 4.90 Å². The van der Waals surface area contributed by atoms with Gasteiger partial charge in [0.05, 0.1) is 0 Å². The van der Waals surface area contributed by atoms with Crippen LogP contribution in [0, 0.1) is 19.3 Å². The molecule has 112 valence electrons. The van der Waals surface area contributed by atoms with Crippen LogP contribution in [0.4, 0.5) is 0 Å². The van der Waals surface area contributed by atoms with E-state index in [9.17, 15) is 0 Å². The zero-order chi connectivity index (χ0) is 13.5. The van der Waals surface area contributed by atoms with Gasteiger partial charge in [0, 0.05) is 24.7 Å². The third-order valence-electron chi connectivity index (χ3n) is 4.89. The second kappa shape index (κ2) is 6.23. The minimum atomic E-state index is 0. The van der Waals surface area contributed by atoms with Gasteiger partial charge < -0.3 is 5.32 Å². The normalized spacial score (nSPS) is 26.1. The van der Waals surface area contributed by atoms with Crippen LogP contribution in [-0.2, 0) is 6.54 Å². The first-order chi connectivity index (χ1) is 9.08. The first kappa shape index (κ1) is 16.1. The Bertz CT molecular complexity index is 458. The highest BCUT2D eigenvalue weighted by atomic mass is 35.5. The maximum absolute atomic E-state index is 6.12. The smallest absolute Gasteiger partial charge is 0.0411 e. The molecule has 2 fully saturated rings. The zero-order valence-corrected chi connectivity index (χ0v) is 13.9. The molecule has 2 aliphatic heterocycles. The quantitative estimate of drug-likeness (QED) is 0.898. The van der Waals surface area contributed by atoms with Crippen molar-refractivity contribution in [3.8, 4) is 0 Å². The molecule has 0 aromatic heterocycles. The summed E-state index contributed by atoms with van der Waals surface area (Å²) in [4.78, 5) is 2.62. The van der Waals surface area contributed by atoms with Crippen molar-refractivity contribution in [2.75, 3.05) is 26.2 Å². The fourth-order valence-electron chi connectivity index (χ4n) is 3.72. The Hall–Kier alpha value is -0.280. The SMILES string of the molecule is Cc1cc(Cl)cc(C)c1CN1CCC2(CCNC2)C1.Cl. The highest BCUT2D eigenvalue weighted by Gasteiger charge is 2.40. The Balaban J connectivity index is 0.00000147. The fraction of sp³-hybridized carbons (Fsp3) is 0.625. The summed E-state index contributed by atoms with van der Waals surface area (Å²) in [7, 11) is 0. The lowest BCUT2D eigenvalue weighted by molar-refractivity contribution is 0.268. The fourth-order valence-corrected chi connectivity index (χ4v) is 4.05. The molecule has 2 heterocycles. The zero-order valence-electron chi connectivity index (χ0n) is 12.3. The van der Waals surface area contributed by atoms with Crippen molar-refractivity contribution in [3.05, 3.63) is 33.8 Å². The van der Waals surface area contributed by atoms with Gasteiger partial charge in [0.1, 0.15) is 0 Å². The summed E-state index contributed by atoms with van der Waals surface area (Å²) < 4.78 is 0. The van der Waals surface area contributed by atoms with Gasteiger partial charge in [0.2, 0.25) is 0 Å². The molecule has 1 spiro atoms. The molecule has 0 bridgehead atoms. The monoisotopic (exact) mass is 314 g/mol. The second-order valence-corrected chi connectivity index (χ2v) is 6.84. The number of benzene rings is 1. The average molecular weight is 315 g/mol. The van der Waals surface area contributed by atoms with Crippen LogP contribution in [-0.4, -0.2) is 31.1 Å². The molecule has 1 atom stereocenters. The number of rotatable bonds is 2. The number of nitrogens with zero attached hydrogens (tertiary/aromatic N) is 1. The van der Waals surface area contributed by atoms with Gasteiger partial charge >= 0.3 is 0 Å². The van der Waals surface area contributed by atoms with Crippen molar-refractivity contribution < 1.29 is 0 Å². The molecule has 1 unspecified atom stereocenters. The van der Waals surface area contributed by atoms with Crippen LogP contribution >= 0.6 is 24.0 Å². The van der Waals surface area contributed by atoms with Gasteiger partial charge in [0.15, 0.2) is 0 Å². The maximum atomic E-state index is 6.12. The van der Waals surface area contributed by atoms with E-state index in [0.29, 0.717) is 5.41 Å². The lowest BCUT2D eigenvalue weighted by Gasteiger charge is -2.24. The topological polar surface area (TPSA) is 15.3 Å². The van der Waals surface area contributed by atoms with Crippen molar-refractivity contribution in [1.29, 1.82) is 0 Å². The largest absolute Gasteiger partial charge is 0.316 e. The van der Waals surface area contributed by atoms with E-state index in [-0.39, 0.29) is 12.4 Å². The van der Waals surface area contributed by atoms with E-state index >= 15 is 0 Å². The number of hydrogen-bond acceptors (Lipinski definition) is 2. The van der Waals surface area contributed by atoms with Crippen molar-refractivity contribution in [2.45, 2.75) is 33.2 Å². The molecule has 1 aromatic carbocycles. The van der Waals surface area contributed by atoms with Gasteiger partial charge in [-0.25, -0.2) is 0 Å². The van der Waals surface area contributed by atoms with Gasteiger partial charge in [-0.1, -0.05) is 11.6 Å². The summed E-state index contributed by atoms with van der Waals surface area (Å²) in [5.41, 5.74) is 4.69. The highest BCUT2D eigenvalue weighted by Crippen LogP contribution is 2.37. The van der Waals surface area contributed by atoms with Gasteiger partial charge in [0.25, 0.3) is 0 Å². The molecule has 1 aromatic rings. The van der Waals surface area contributed by atoms with E-state index in [0.717, 1.165) is 11.6 Å². The molecular formula is C16H24Cl2N2. The molecule has 1 N–H and O–H groups in total. The molecule has 0 aliphatic carbocycles. The molecular weight excluding hydrogens is 291 g/mol. The first-order valence-electron chi connectivity index (χ1n) is 7.27. The Labute approximate surface area is 133 Å². The molecule has 3 rings (SSSR count). The highest BCUT2D eigenvalue weighted by molar-refractivity contribution is 6.30. The minimum Gasteiger partial charge on any atom is -0.316 e. The summed E-state index contributed by atoms with van der Waals surface area (Å²) in [6.07, 6.45) is 2.70. The van der Waals surface area contributed by atoms with Crippen molar-refractivity contribution >= 4 is 24.0 Å². The standard InChI is InChI=1S/C16H23ClN2.ClH/c1-12-7-14(17)8-13(2)15(12)9-19-6-4-16(11-19)3-5-18-10-16;/h7-8,18H,3-6,9-11H2,1-2H3;1H. The molecule has 2 saturated heterocycles. The summed E-state index contributed by atoms with van der Waals surface area (Å²) in [6.45, 7) is 10.3. The van der Waals surface area contributed by atoms with Crippen LogP contribution in [0.1, 0.15) is 29.5 Å².